The zero-order valence-electron chi connectivity index (χ0n) is 8.99. The van der Waals surface area contributed by atoms with Gasteiger partial charge in [0.2, 0.25) is 0 Å². The molecule has 1 saturated heterocycles. The minimum absolute atomic E-state index is 0.241. The molecule has 3 heteroatoms. The number of rotatable bonds is 3. The zero-order valence-corrected chi connectivity index (χ0v) is 8.99. The lowest BCUT2D eigenvalue weighted by atomic mass is 10.1. The highest BCUT2D eigenvalue weighted by Crippen LogP contribution is 2.15. The largest absolute Gasteiger partial charge is 0.374 e. The molecule has 3 atom stereocenters. The maximum absolute atomic E-state index is 5.60. The van der Waals surface area contributed by atoms with E-state index >= 15 is 0 Å². The van der Waals surface area contributed by atoms with Gasteiger partial charge in [-0.15, -0.1) is 0 Å². The van der Waals surface area contributed by atoms with Crippen LogP contribution in [0.2, 0.25) is 0 Å². The molecule has 0 amide bonds. The smallest absolute Gasteiger partial charge is 0.0824 e. The first-order chi connectivity index (χ1) is 6.19. The van der Waals surface area contributed by atoms with Gasteiger partial charge in [-0.05, 0) is 20.3 Å². The Hall–Kier alpha value is -0.120. The molecule has 0 bridgehead atoms. The molecular formula is C10H22N2O. The molecule has 3 nitrogen and oxygen atoms in total. The highest BCUT2D eigenvalue weighted by atomic mass is 16.5. The van der Waals surface area contributed by atoms with Crippen LogP contribution in [0.3, 0.4) is 0 Å². The highest BCUT2D eigenvalue weighted by molar-refractivity contribution is 4.81. The van der Waals surface area contributed by atoms with Crippen molar-refractivity contribution in [3.8, 4) is 0 Å². The summed E-state index contributed by atoms with van der Waals surface area (Å²) >= 11 is 0. The Morgan fingerprint density at radius 2 is 2.31 bits per heavy atom. The van der Waals surface area contributed by atoms with E-state index in [1.165, 1.54) is 6.42 Å². The van der Waals surface area contributed by atoms with Crippen molar-refractivity contribution in [3.63, 3.8) is 0 Å². The maximum Gasteiger partial charge on any atom is 0.0824 e. The summed E-state index contributed by atoms with van der Waals surface area (Å²) in [5.74, 6) is 0. The van der Waals surface area contributed by atoms with Crippen LogP contribution in [-0.2, 0) is 4.74 Å². The van der Waals surface area contributed by atoms with Crippen LogP contribution in [0.1, 0.15) is 27.2 Å². The Kier molecular flexibility index (Phi) is 4.16. The minimum Gasteiger partial charge on any atom is -0.374 e. The number of nitrogens with zero attached hydrogens (tertiary/aromatic N) is 1. The second-order valence-electron chi connectivity index (χ2n) is 3.99. The second kappa shape index (κ2) is 4.94. The Bertz CT molecular complexity index is 148. The lowest BCUT2D eigenvalue weighted by Gasteiger charge is -2.41. The number of hydrogen-bond acceptors (Lipinski definition) is 3. The van der Waals surface area contributed by atoms with Crippen molar-refractivity contribution >= 4 is 0 Å². The molecule has 13 heavy (non-hydrogen) atoms. The Morgan fingerprint density at radius 3 is 2.85 bits per heavy atom. The summed E-state index contributed by atoms with van der Waals surface area (Å²) in [5.41, 5.74) is 5.60. The highest BCUT2D eigenvalue weighted by Gasteiger charge is 2.27. The van der Waals surface area contributed by atoms with Gasteiger partial charge in [0, 0.05) is 25.2 Å². The molecule has 0 aliphatic carbocycles. The Balaban J connectivity index is 2.49. The fourth-order valence-corrected chi connectivity index (χ4v) is 1.83. The van der Waals surface area contributed by atoms with Crippen LogP contribution in [0.4, 0.5) is 0 Å². The molecule has 78 valence electrons. The first-order valence-electron chi connectivity index (χ1n) is 5.26. The van der Waals surface area contributed by atoms with E-state index < -0.39 is 0 Å². The van der Waals surface area contributed by atoms with E-state index in [0.717, 1.165) is 13.2 Å². The third kappa shape index (κ3) is 2.66. The predicted octanol–water partition coefficient (Wildman–Crippen LogP) is 0.833. The first-order valence-corrected chi connectivity index (χ1v) is 5.26. The van der Waals surface area contributed by atoms with Gasteiger partial charge in [0.15, 0.2) is 0 Å². The van der Waals surface area contributed by atoms with Gasteiger partial charge < -0.3 is 10.5 Å². The van der Waals surface area contributed by atoms with Crippen LogP contribution in [-0.4, -0.2) is 42.8 Å². The molecule has 3 unspecified atom stereocenters. The summed E-state index contributed by atoms with van der Waals surface area (Å²) in [5, 5.41) is 0. The molecule has 1 heterocycles. The molecule has 1 aliphatic heterocycles. The summed E-state index contributed by atoms with van der Waals surface area (Å²) in [6.45, 7) is 9.18. The summed E-state index contributed by atoms with van der Waals surface area (Å²) < 4.78 is 5.60. The average Bonchev–Trinajstić information content (AvgIpc) is 2.17. The van der Waals surface area contributed by atoms with Crippen LogP contribution in [0.15, 0.2) is 0 Å². The van der Waals surface area contributed by atoms with Crippen molar-refractivity contribution in [3.05, 3.63) is 0 Å². The number of nitrogens with two attached hydrogens (primary N) is 1. The van der Waals surface area contributed by atoms with Crippen molar-refractivity contribution < 1.29 is 4.74 Å². The predicted molar refractivity (Wildman–Crippen MR) is 54.7 cm³/mol. The summed E-state index contributed by atoms with van der Waals surface area (Å²) in [7, 11) is 0. The van der Waals surface area contributed by atoms with E-state index in [1.807, 2.05) is 0 Å². The molecule has 2 N–H and O–H groups in total. The molecule has 0 aromatic rings. The van der Waals surface area contributed by atoms with Crippen molar-refractivity contribution in [1.29, 1.82) is 0 Å². The third-order valence-electron chi connectivity index (χ3n) is 2.97. The number of hydrogen-bond donors (Lipinski definition) is 1. The van der Waals surface area contributed by atoms with Crippen LogP contribution in [0.25, 0.3) is 0 Å². The average molecular weight is 186 g/mol. The third-order valence-corrected chi connectivity index (χ3v) is 2.97. The standard InChI is InChI=1S/C10H22N2O/c1-4-8(2)12-6-10(5-11)13-7-9(12)3/h8-10H,4-7,11H2,1-3H3. The van der Waals surface area contributed by atoms with E-state index in [9.17, 15) is 0 Å². The molecule has 1 fully saturated rings. The van der Waals surface area contributed by atoms with Gasteiger partial charge in [0.05, 0.1) is 12.7 Å². The van der Waals surface area contributed by atoms with Crippen molar-refractivity contribution in [2.75, 3.05) is 19.7 Å². The zero-order chi connectivity index (χ0) is 9.84. The molecule has 1 rings (SSSR count). The topological polar surface area (TPSA) is 38.5 Å². The molecule has 1 aliphatic rings. The van der Waals surface area contributed by atoms with Gasteiger partial charge >= 0.3 is 0 Å². The van der Waals surface area contributed by atoms with Crippen LogP contribution in [0.5, 0.6) is 0 Å². The summed E-state index contributed by atoms with van der Waals surface area (Å²) in [6.07, 6.45) is 1.44. The monoisotopic (exact) mass is 186 g/mol. The fourth-order valence-electron chi connectivity index (χ4n) is 1.83. The molecule has 0 aromatic carbocycles. The maximum atomic E-state index is 5.60. The number of morpholine rings is 1. The summed E-state index contributed by atoms with van der Waals surface area (Å²) in [4.78, 5) is 2.50. The Labute approximate surface area is 81.2 Å². The lowest BCUT2D eigenvalue weighted by molar-refractivity contribution is -0.0674. The lowest BCUT2D eigenvalue weighted by Crippen LogP contribution is -2.53. The van der Waals surface area contributed by atoms with Crippen LogP contribution in [0, 0.1) is 0 Å². The fraction of sp³-hybridized carbons (Fsp3) is 1.00. The molecule has 0 aromatic heterocycles. The molecule has 0 saturated carbocycles. The Morgan fingerprint density at radius 1 is 1.62 bits per heavy atom. The SMILES string of the molecule is CCC(C)N1CC(CN)OCC1C. The quantitative estimate of drug-likeness (QED) is 0.709. The minimum atomic E-state index is 0.241. The van der Waals surface area contributed by atoms with Gasteiger partial charge in [0.25, 0.3) is 0 Å². The first kappa shape index (κ1) is 11.0. The van der Waals surface area contributed by atoms with Crippen LogP contribution < -0.4 is 5.73 Å². The van der Waals surface area contributed by atoms with Gasteiger partial charge in [-0.25, -0.2) is 0 Å². The molecule has 0 spiro atoms. The van der Waals surface area contributed by atoms with Crippen LogP contribution >= 0.6 is 0 Å². The van der Waals surface area contributed by atoms with E-state index in [0.29, 0.717) is 18.6 Å². The van der Waals surface area contributed by atoms with Gasteiger partial charge in [-0.1, -0.05) is 6.92 Å². The normalized spacial score (nSPS) is 33.2. The van der Waals surface area contributed by atoms with Gasteiger partial charge in [-0.3, -0.25) is 4.90 Å². The number of ether oxygens (including phenoxy) is 1. The van der Waals surface area contributed by atoms with Crippen molar-refractivity contribution in [2.24, 2.45) is 5.73 Å². The molecule has 0 radical (unpaired) electrons. The summed E-state index contributed by atoms with van der Waals surface area (Å²) in [6, 6.07) is 1.19. The van der Waals surface area contributed by atoms with E-state index in [-0.39, 0.29) is 6.10 Å². The van der Waals surface area contributed by atoms with Crippen molar-refractivity contribution in [2.45, 2.75) is 45.4 Å². The van der Waals surface area contributed by atoms with Gasteiger partial charge in [-0.2, -0.15) is 0 Å². The van der Waals surface area contributed by atoms with Crippen molar-refractivity contribution in [1.82, 2.24) is 4.90 Å². The van der Waals surface area contributed by atoms with E-state index in [2.05, 4.69) is 25.7 Å². The second-order valence-corrected chi connectivity index (χ2v) is 3.99. The van der Waals surface area contributed by atoms with Gasteiger partial charge in [0.1, 0.15) is 0 Å². The molecular weight excluding hydrogens is 164 g/mol. The van der Waals surface area contributed by atoms with E-state index in [4.69, 9.17) is 10.5 Å². The van der Waals surface area contributed by atoms with E-state index in [1.54, 1.807) is 0 Å².